The van der Waals surface area contributed by atoms with Crippen LogP contribution in [0.2, 0.25) is 0 Å². The van der Waals surface area contributed by atoms with E-state index < -0.39 is 0 Å². The van der Waals surface area contributed by atoms with Crippen molar-refractivity contribution >= 4 is 17.7 Å². The molecule has 106 valence electrons. The Bertz CT molecular complexity index is 413. The summed E-state index contributed by atoms with van der Waals surface area (Å²) in [6.45, 7) is 5.47. The standard InChI is InChI=1S/C13H22N4OS/c1-3-17-7-4-11(5-8-17)15-12(18)10-19-13-14-6-9-16(13)2/h6,9,11H,3-5,7-8,10H2,1-2H3,(H,15,18). The lowest BCUT2D eigenvalue weighted by Gasteiger charge is -2.31. The maximum absolute atomic E-state index is 11.9. The largest absolute Gasteiger partial charge is 0.353 e. The summed E-state index contributed by atoms with van der Waals surface area (Å²) in [4.78, 5) is 18.5. The number of carbonyl (C=O) groups excluding carboxylic acids is 1. The average molecular weight is 282 g/mol. The molecule has 2 rings (SSSR count). The number of aromatic nitrogens is 2. The zero-order valence-corrected chi connectivity index (χ0v) is 12.4. The molecule has 1 saturated heterocycles. The van der Waals surface area contributed by atoms with Gasteiger partial charge in [0.2, 0.25) is 5.91 Å². The van der Waals surface area contributed by atoms with E-state index in [0.29, 0.717) is 11.8 Å². The lowest BCUT2D eigenvalue weighted by atomic mass is 10.1. The van der Waals surface area contributed by atoms with Crippen LogP contribution in [0.4, 0.5) is 0 Å². The van der Waals surface area contributed by atoms with Crippen molar-refractivity contribution in [1.82, 2.24) is 19.8 Å². The van der Waals surface area contributed by atoms with Gasteiger partial charge in [0, 0.05) is 38.6 Å². The van der Waals surface area contributed by atoms with E-state index in [4.69, 9.17) is 0 Å². The Kier molecular flexibility index (Phi) is 5.27. The van der Waals surface area contributed by atoms with Crippen molar-refractivity contribution in [3.8, 4) is 0 Å². The number of hydrogen-bond acceptors (Lipinski definition) is 4. The van der Waals surface area contributed by atoms with Gasteiger partial charge in [-0.3, -0.25) is 4.79 Å². The van der Waals surface area contributed by atoms with Crippen molar-refractivity contribution in [1.29, 1.82) is 0 Å². The fraction of sp³-hybridized carbons (Fsp3) is 0.692. The molecule has 5 nitrogen and oxygen atoms in total. The van der Waals surface area contributed by atoms with Crippen molar-refractivity contribution in [2.45, 2.75) is 31.0 Å². The average Bonchev–Trinajstić information content (AvgIpc) is 2.83. The first-order valence-corrected chi connectivity index (χ1v) is 7.79. The summed E-state index contributed by atoms with van der Waals surface area (Å²) >= 11 is 1.48. The second-order valence-corrected chi connectivity index (χ2v) is 5.83. The van der Waals surface area contributed by atoms with E-state index in [1.165, 1.54) is 11.8 Å². The molecule has 0 saturated carbocycles. The highest BCUT2D eigenvalue weighted by Gasteiger charge is 2.19. The number of piperidine rings is 1. The van der Waals surface area contributed by atoms with Crippen molar-refractivity contribution in [3.05, 3.63) is 12.4 Å². The summed E-state index contributed by atoms with van der Waals surface area (Å²) in [6.07, 6.45) is 5.76. The molecule has 1 N–H and O–H groups in total. The summed E-state index contributed by atoms with van der Waals surface area (Å²) in [6, 6.07) is 0.345. The first-order valence-electron chi connectivity index (χ1n) is 6.81. The van der Waals surface area contributed by atoms with Crippen LogP contribution in [-0.2, 0) is 11.8 Å². The Hall–Kier alpha value is -1.01. The van der Waals surface area contributed by atoms with Crippen LogP contribution in [0.5, 0.6) is 0 Å². The molecular formula is C13H22N4OS. The minimum atomic E-state index is 0.114. The summed E-state index contributed by atoms with van der Waals surface area (Å²) in [5.41, 5.74) is 0. The second kappa shape index (κ2) is 6.96. The van der Waals surface area contributed by atoms with Gasteiger partial charge in [-0.1, -0.05) is 18.7 Å². The molecule has 6 heteroatoms. The van der Waals surface area contributed by atoms with Gasteiger partial charge in [0.15, 0.2) is 5.16 Å². The summed E-state index contributed by atoms with van der Waals surface area (Å²) in [5.74, 6) is 0.557. The normalized spacial score (nSPS) is 17.6. The highest BCUT2D eigenvalue weighted by molar-refractivity contribution is 7.99. The molecule has 1 fully saturated rings. The third-order valence-corrected chi connectivity index (χ3v) is 4.57. The van der Waals surface area contributed by atoms with E-state index in [0.717, 1.165) is 37.6 Å². The number of thioether (sulfide) groups is 1. The van der Waals surface area contributed by atoms with Gasteiger partial charge in [0.05, 0.1) is 5.75 Å². The number of aryl methyl sites for hydroxylation is 1. The van der Waals surface area contributed by atoms with Crippen LogP contribution in [0.3, 0.4) is 0 Å². The lowest BCUT2D eigenvalue weighted by molar-refractivity contribution is -0.119. The second-order valence-electron chi connectivity index (χ2n) is 4.89. The maximum atomic E-state index is 11.9. The van der Waals surface area contributed by atoms with Gasteiger partial charge in [-0.05, 0) is 19.4 Å². The first kappa shape index (κ1) is 14.4. The molecule has 19 heavy (non-hydrogen) atoms. The number of rotatable bonds is 5. The third kappa shape index (κ3) is 4.24. The van der Waals surface area contributed by atoms with Gasteiger partial charge in [-0.25, -0.2) is 4.98 Å². The molecule has 0 aliphatic carbocycles. The monoisotopic (exact) mass is 282 g/mol. The van der Waals surface area contributed by atoms with Crippen molar-refractivity contribution in [3.63, 3.8) is 0 Å². The number of nitrogens with one attached hydrogen (secondary N) is 1. The molecule has 1 aromatic heterocycles. The molecule has 0 atom stereocenters. The van der Waals surface area contributed by atoms with Gasteiger partial charge in [-0.15, -0.1) is 0 Å². The third-order valence-electron chi connectivity index (χ3n) is 3.51. The number of amides is 1. The van der Waals surface area contributed by atoms with Crippen LogP contribution < -0.4 is 5.32 Å². The Morgan fingerprint density at radius 1 is 1.53 bits per heavy atom. The van der Waals surface area contributed by atoms with E-state index >= 15 is 0 Å². The SMILES string of the molecule is CCN1CCC(NC(=O)CSc2nccn2C)CC1. The van der Waals surface area contributed by atoms with Gasteiger partial charge >= 0.3 is 0 Å². The summed E-state index contributed by atoms with van der Waals surface area (Å²) in [7, 11) is 1.94. The van der Waals surface area contributed by atoms with Gasteiger partial charge in [0.1, 0.15) is 0 Å². The zero-order valence-electron chi connectivity index (χ0n) is 11.6. The van der Waals surface area contributed by atoms with Crippen LogP contribution in [-0.4, -0.2) is 51.8 Å². The van der Waals surface area contributed by atoms with E-state index in [-0.39, 0.29) is 5.91 Å². The van der Waals surface area contributed by atoms with Gasteiger partial charge in [0.25, 0.3) is 0 Å². The molecule has 0 aromatic carbocycles. The Morgan fingerprint density at radius 3 is 2.84 bits per heavy atom. The van der Waals surface area contributed by atoms with Gasteiger partial charge in [-0.2, -0.15) is 0 Å². The van der Waals surface area contributed by atoms with Crippen molar-refractivity contribution in [2.24, 2.45) is 7.05 Å². The topological polar surface area (TPSA) is 50.2 Å². The van der Waals surface area contributed by atoms with Crippen LogP contribution in [0.25, 0.3) is 0 Å². The number of likely N-dealkylation sites (tertiary alicyclic amines) is 1. The number of carbonyl (C=O) groups is 1. The molecule has 1 amide bonds. The molecule has 2 heterocycles. The predicted molar refractivity (Wildman–Crippen MR) is 77.2 cm³/mol. The Morgan fingerprint density at radius 2 is 2.26 bits per heavy atom. The molecule has 1 aromatic rings. The molecule has 0 bridgehead atoms. The lowest BCUT2D eigenvalue weighted by Crippen LogP contribution is -2.45. The van der Waals surface area contributed by atoms with E-state index in [2.05, 4.69) is 22.1 Å². The highest BCUT2D eigenvalue weighted by Crippen LogP contribution is 2.15. The molecule has 0 radical (unpaired) electrons. The van der Waals surface area contributed by atoms with Crippen LogP contribution in [0.15, 0.2) is 17.6 Å². The Balaban J connectivity index is 1.69. The van der Waals surface area contributed by atoms with Crippen LogP contribution in [0.1, 0.15) is 19.8 Å². The highest BCUT2D eigenvalue weighted by atomic mass is 32.2. The summed E-state index contributed by atoms with van der Waals surface area (Å²) < 4.78 is 1.93. The van der Waals surface area contributed by atoms with Crippen molar-refractivity contribution < 1.29 is 4.79 Å². The number of nitrogens with zero attached hydrogens (tertiary/aromatic N) is 3. The Labute approximate surface area is 118 Å². The fourth-order valence-corrected chi connectivity index (χ4v) is 3.03. The molecular weight excluding hydrogens is 260 g/mol. The molecule has 0 unspecified atom stereocenters. The van der Waals surface area contributed by atoms with Crippen LogP contribution in [0, 0.1) is 0 Å². The molecule has 0 spiro atoms. The molecule has 1 aliphatic heterocycles. The van der Waals surface area contributed by atoms with E-state index in [1.807, 2.05) is 17.8 Å². The number of imidazole rings is 1. The van der Waals surface area contributed by atoms with Crippen LogP contribution >= 0.6 is 11.8 Å². The predicted octanol–water partition coefficient (Wildman–Crippen LogP) is 1.11. The minimum absolute atomic E-state index is 0.114. The zero-order chi connectivity index (χ0) is 13.7. The van der Waals surface area contributed by atoms with E-state index in [9.17, 15) is 4.79 Å². The number of hydrogen-bond donors (Lipinski definition) is 1. The van der Waals surface area contributed by atoms with Crippen molar-refractivity contribution in [2.75, 3.05) is 25.4 Å². The van der Waals surface area contributed by atoms with Gasteiger partial charge < -0.3 is 14.8 Å². The quantitative estimate of drug-likeness (QED) is 0.822. The smallest absolute Gasteiger partial charge is 0.230 e. The minimum Gasteiger partial charge on any atom is -0.353 e. The fourth-order valence-electron chi connectivity index (χ4n) is 2.28. The maximum Gasteiger partial charge on any atom is 0.230 e. The van der Waals surface area contributed by atoms with E-state index in [1.54, 1.807) is 6.20 Å². The molecule has 1 aliphatic rings. The summed E-state index contributed by atoms with van der Waals surface area (Å²) in [5, 5.41) is 4.01. The first-order chi connectivity index (χ1) is 9.19.